The van der Waals surface area contributed by atoms with E-state index in [2.05, 4.69) is 16.4 Å². The van der Waals surface area contributed by atoms with Gasteiger partial charge in [0.2, 0.25) is 0 Å². The molecule has 5 nitrogen and oxygen atoms in total. The lowest BCUT2D eigenvalue weighted by Gasteiger charge is -2.28. The lowest BCUT2D eigenvalue weighted by Crippen LogP contribution is -2.36. The Kier molecular flexibility index (Phi) is 3.98. The Morgan fingerprint density at radius 1 is 1.32 bits per heavy atom. The fraction of sp³-hybridized carbons (Fsp3) is 0.647. The van der Waals surface area contributed by atoms with Crippen LogP contribution in [0.1, 0.15) is 58.1 Å². The Morgan fingerprint density at radius 2 is 2.09 bits per heavy atom. The van der Waals surface area contributed by atoms with E-state index in [1.807, 2.05) is 37.9 Å². The molecule has 1 saturated heterocycles. The molecule has 1 aromatic rings. The molecule has 2 fully saturated rings. The second kappa shape index (κ2) is 5.78. The lowest BCUT2D eigenvalue weighted by molar-refractivity contribution is 0.0224. The summed E-state index contributed by atoms with van der Waals surface area (Å²) < 4.78 is 5.51. The van der Waals surface area contributed by atoms with Crippen molar-refractivity contribution in [3.8, 4) is 0 Å². The van der Waals surface area contributed by atoms with Gasteiger partial charge in [-0.3, -0.25) is 0 Å². The number of rotatable bonds is 3. The number of hydrogen-bond donors (Lipinski definition) is 1. The molecule has 0 bridgehead atoms. The first-order valence-corrected chi connectivity index (χ1v) is 8.14. The van der Waals surface area contributed by atoms with Gasteiger partial charge in [-0.1, -0.05) is 6.07 Å². The van der Waals surface area contributed by atoms with E-state index in [0.29, 0.717) is 6.04 Å². The summed E-state index contributed by atoms with van der Waals surface area (Å²) in [5.41, 5.74) is 0.630. The largest absolute Gasteiger partial charge is 0.444 e. The van der Waals surface area contributed by atoms with E-state index in [4.69, 9.17) is 4.74 Å². The second-order valence-electron chi connectivity index (χ2n) is 7.23. The average Bonchev–Trinajstić information content (AvgIpc) is 3.11. The highest BCUT2D eigenvalue weighted by Gasteiger charge is 2.33. The van der Waals surface area contributed by atoms with Crippen molar-refractivity contribution in [3.63, 3.8) is 0 Å². The smallest absolute Gasteiger partial charge is 0.410 e. The minimum atomic E-state index is -0.458. The molecule has 1 saturated carbocycles. The summed E-state index contributed by atoms with van der Waals surface area (Å²) in [6, 6.07) is 4.77. The van der Waals surface area contributed by atoms with Gasteiger partial charge in [0.1, 0.15) is 11.4 Å². The van der Waals surface area contributed by atoms with Crippen LogP contribution in [0, 0.1) is 0 Å². The standard InChI is InChI=1S/C17H25N3O2/c1-17(2,3)22-16(21)20-10-4-5-14(20)12-6-9-15(18-11-12)19-13-7-8-13/h6,9,11,13-14H,4-5,7-8,10H2,1-3H3,(H,18,19)/t14-/m1/s1. The molecular formula is C17H25N3O2. The molecule has 1 aromatic heterocycles. The molecule has 120 valence electrons. The Morgan fingerprint density at radius 3 is 2.68 bits per heavy atom. The van der Waals surface area contributed by atoms with Crippen LogP contribution in [0.2, 0.25) is 0 Å². The van der Waals surface area contributed by atoms with Crippen LogP contribution in [-0.4, -0.2) is 34.2 Å². The Bertz CT molecular complexity index is 532. The molecule has 5 heteroatoms. The van der Waals surface area contributed by atoms with Gasteiger partial charge < -0.3 is 15.0 Å². The van der Waals surface area contributed by atoms with Crippen molar-refractivity contribution in [2.24, 2.45) is 0 Å². The number of carbonyl (C=O) groups excluding carboxylic acids is 1. The van der Waals surface area contributed by atoms with Crippen molar-refractivity contribution >= 4 is 11.9 Å². The van der Waals surface area contributed by atoms with Crippen LogP contribution < -0.4 is 5.32 Å². The fourth-order valence-electron chi connectivity index (χ4n) is 2.78. The van der Waals surface area contributed by atoms with Crippen LogP contribution >= 0.6 is 0 Å². The summed E-state index contributed by atoms with van der Waals surface area (Å²) in [7, 11) is 0. The van der Waals surface area contributed by atoms with Gasteiger partial charge in [-0.05, 0) is 58.1 Å². The fourth-order valence-corrected chi connectivity index (χ4v) is 2.78. The maximum absolute atomic E-state index is 12.3. The normalized spacial score (nSPS) is 21.8. The average molecular weight is 303 g/mol. The van der Waals surface area contributed by atoms with Crippen LogP contribution in [0.3, 0.4) is 0 Å². The Balaban J connectivity index is 1.67. The number of nitrogens with one attached hydrogen (secondary N) is 1. The highest BCUT2D eigenvalue weighted by Crippen LogP contribution is 2.33. The van der Waals surface area contributed by atoms with E-state index < -0.39 is 5.60 Å². The van der Waals surface area contributed by atoms with E-state index in [-0.39, 0.29) is 12.1 Å². The number of pyridine rings is 1. The van der Waals surface area contributed by atoms with Crippen LogP contribution in [0.5, 0.6) is 0 Å². The second-order valence-corrected chi connectivity index (χ2v) is 7.23. The van der Waals surface area contributed by atoms with Gasteiger partial charge in [0, 0.05) is 18.8 Å². The Labute approximate surface area is 132 Å². The number of likely N-dealkylation sites (tertiary alicyclic amines) is 1. The zero-order valence-electron chi connectivity index (χ0n) is 13.6. The van der Waals surface area contributed by atoms with E-state index in [1.165, 1.54) is 12.8 Å². The predicted molar refractivity (Wildman–Crippen MR) is 85.8 cm³/mol. The molecule has 1 N–H and O–H groups in total. The number of ether oxygens (including phenoxy) is 1. The van der Waals surface area contributed by atoms with E-state index >= 15 is 0 Å². The third-order valence-corrected chi connectivity index (χ3v) is 3.98. The van der Waals surface area contributed by atoms with Crippen molar-refractivity contribution in [3.05, 3.63) is 23.9 Å². The van der Waals surface area contributed by atoms with Gasteiger partial charge in [-0.2, -0.15) is 0 Å². The highest BCUT2D eigenvalue weighted by molar-refractivity contribution is 5.69. The first kappa shape index (κ1) is 15.1. The molecular weight excluding hydrogens is 278 g/mol. The van der Waals surface area contributed by atoms with Crippen LogP contribution in [0.15, 0.2) is 18.3 Å². The molecule has 0 radical (unpaired) electrons. The van der Waals surface area contributed by atoms with Gasteiger partial charge in [-0.15, -0.1) is 0 Å². The molecule has 1 atom stereocenters. The first-order valence-electron chi connectivity index (χ1n) is 8.14. The van der Waals surface area contributed by atoms with Crippen molar-refractivity contribution in [1.29, 1.82) is 0 Å². The summed E-state index contributed by atoms with van der Waals surface area (Å²) in [6.45, 7) is 6.45. The molecule has 1 aliphatic heterocycles. The zero-order chi connectivity index (χ0) is 15.7. The maximum Gasteiger partial charge on any atom is 0.410 e. The van der Waals surface area contributed by atoms with Crippen LogP contribution in [0.4, 0.5) is 10.6 Å². The first-order chi connectivity index (χ1) is 10.4. The quantitative estimate of drug-likeness (QED) is 0.924. The zero-order valence-corrected chi connectivity index (χ0v) is 13.6. The molecule has 2 aliphatic rings. The van der Waals surface area contributed by atoms with E-state index in [9.17, 15) is 4.79 Å². The third kappa shape index (κ3) is 3.70. The van der Waals surface area contributed by atoms with Gasteiger partial charge in [-0.25, -0.2) is 9.78 Å². The summed E-state index contributed by atoms with van der Waals surface area (Å²) >= 11 is 0. The lowest BCUT2D eigenvalue weighted by atomic mass is 10.1. The molecule has 2 heterocycles. The molecule has 0 spiro atoms. The maximum atomic E-state index is 12.3. The Hall–Kier alpha value is -1.78. The minimum absolute atomic E-state index is 0.0809. The minimum Gasteiger partial charge on any atom is -0.444 e. The highest BCUT2D eigenvalue weighted by atomic mass is 16.6. The summed E-state index contributed by atoms with van der Waals surface area (Å²) in [5, 5.41) is 3.38. The molecule has 1 amide bonds. The topological polar surface area (TPSA) is 54.5 Å². The van der Waals surface area contributed by atoms with Crippen molar-refractivity contribution in [1.82, 2.24) is 9.88 Å². The van der Waals surface area contributed by atoms with E-state index in [1.54, 1.807) is 0 Å². The van der Waals surface area contributed by atoms with Gasteiger partial charge in [0.15, 0.2) is 0 Å². The molecule has 1 aliphatic carbocycles. The van der Waals surface area contributed by atoms with Gasteiger partial charge in [0.25, 0.3) is 0 Å². The number of aromatic nitrogens is 1. The summed E-state index contributed by atoms with van der Waals surface area (Å²) in [6.07, 6.45) is 6.10. The molecule has 3 rings (SSSR count). The monoisotopic (exact) mass is 303 g/mol. The molecule has 22 heavy (non-hydrogen) atoms. The van der Waals surface area contributed by atoms with E-state index in [0.717, 1.165) is 30.8 Å². The number of anilines is 1. The SMILES string of the molecule is CC(C)(C)OC(=O)N1CCC[C@@H]1c1ccc(NC2CC2)nc1. The summed E-state index contributed by atoms with van der Waals surface area (Å²) in [5.74, 6) is 0.924. The third-order valence-electron chi connectivity index (χ3n) is 3.98. The predicted octanol–water partition coefficient (Wildman–Crippen LogP) is 3.73. The van der Waals surface area contributed by atoms with Gasteiger partial charge in [0.05, 0.1) is 6.04 Å². The summed E-state index contributed by atoms with van der Waals surface area (Å²) in [4.78, 5) is 18.6. The van der Waals surface area contributed by atoms with Crippen LogP contribution in [0.25, 0.3) is 0 Å². The number of amides is 1. The van der Waals surface area contributed by atoms with Crippen molar-refractivity contribution < 1.29 is 9.53 Å². The number of nitrogens with zero attached hydrogens (tertiary/aromatic N) is 2. The molecule has 0 unspecified atom stereocenters. The van der Waals surface area contributed by atoms with Crippen molar-refractivity contribution in [2.75, 3.05) is 11.9 Å². The number of carbonyl (C=O) groups is 1. The van der Waals surface area contributed by atoms with Crippen molar-refractivity contribution in [2.45, 2.75) is 64.1 Å². The molecule has 0 aromatic carbocycles. The van der Waals surface area contributed by atoms with Crippen LogP contribution in [-0.2, 0) is 4.74 Å². The number of hydrogen-bond acceptors (Lipinski definition) is 4. The van der Waals surface area contributed by atoms with Gasteiger partial charge >= 0.3 is 6.09 Å².